The summed E-state index contributed by atoms with van der Waals surface area (Å²) in [6.07, 6.45) is 1.66. The first-order valence-electron chi connectivity index (χ1n) is 12.1. The van der Waals surface area contributed by atoms with Crippen molar-refractivity contribution < 1.29 is 18.0 Å². The Labute approximate surface area is 234 Å². The predicted molar refractivity (Wildman–Crippen MR) is 153 cm³/mol. The minimum Gasteiger partial charge on any atom is -0.357 e. The molecule has 0 saturated carbocycles. The Hall–Kier alpha value is -3.07. The number of halogens is 2. The fourth-order valence-electron chi connectivity index (χ4n) is 4.16. The van der Waals surface area contributed by atoms with Crippen molar-refractivity contribution in [2.75, 3.05) is 24.2 Å². The molecule has 0 bridgehead atoms. The number of carbonyl (C=O) groups is 2. The van der Waals surface area contributed by atoms with E-state index in [1.54, 1.807) is 18.0 Å². The highest BCUT2D eigenvalue weighted by Crippen LogP contribution is 2.31. The SMILES string of the molecule is CNC(=O)[C@H](Cc1ccccc1)N(Cc1ccccc1)C(=O)CCCN(c1cc(Cl)ccc1Cl)S(C)(=O)=O. The number of hydrogen-bond acceptors (Lipinski definition) is 4. The second-order valence-corrected chi connectivity index (χ2v) is 11.6. The van der Waals surface area contributed by atoms with Crippen molar-refractivity contribution in [1.29, 1.82) is 0 Å². The average Bonchev–Trinajstić information content (AvgIpc) is 2.90. The number of nitrogens with zero attached hydrogens (tertiary/aromatic N) is 2. The smallest absolute Gasteiger partial charge is 0.242 e. The number of anilines is 1. The fourth-order valence-corrected chi connectivity index (χ4v) is 5.57. The molecule has 7 nitrogen and oxygen atoms in total. The molecule has 0 saturated heterocycles. The fraction of sp³-hybridized carbons (Fsp3) is 0.286. The van der Waals surface area contributed by atoms with Gasteiger partial charge in [0.15, 0.2) is 0 Å². The number of hydrogen-bond donors (Lipinski definition) is 1. The molecule has 0 heterocycles. The molecule has 0 fully saturated rings. The lowest BCUT2D eigenvalue weighted by Gasteiger charge is -2.31. The molecule has 2 amide bonds. The van der Waals surface area contributed by atoms with Crippen LogP contribution in [-0.4, -0.2) is 51.0 Å². The second kappa shape index (κ2) is 13.6. The Morgan fingerprint density at radius 2 is 1.53 bits per heavy atom. The van der Waals surface area contributed by atoms with E-state index in [0.717, 1.165) is 21.7 Å². The quantitative estimate of drug-likeness (QED) is 0.332. The minimum absolute atomic E-state index is 0.0210. The van der Waals surface area contributed by atoms with E-state index in [9.17, 15) is 18.0 Å². The Bertz CT molecular complexity index is 1340. The lowest BCUT2D eigenvalue weighted by molar-refractivity contribution is -0.141. The first kappa shape index (κ1) is 29.5. The van der Waals surface area contributed by atoms with E-state index in [1.165, 1.54) is 12.1 Å². The Kier molecular flexibility index (Phi) is 10.6. The monoisotopic (exact) mass is 575 g/mol. The highest BCUT2D eigenvalue weighted by Gasteiger charge is 2.30. The van der Waals surface area contributed by atoms with Gasteiger partial charge in [-0.15, -0.1) is 0 Å². The number of rotatable bonds is 12. The molecule has 38 heavy (non-hydrogen) atoms. The van der Waals surface area contributed by atoms with Gasteiger partial charge in [0.2, 0.25) is 21.8 Å². The number of carbonyl (C=O) groups excluding carboxylic acids is 2. The Balaban J connectivity index is 1.84. The van der Waals surface area contributed by atoms with Crippen LogP contribution in [0, 0.1) is 0 Å². The molecule has 0 unspecified atom stereocenters. The lowest BCUT2D eigenvalue weighted by Crippen LogP contribution is -2.49. The molecule has 0 radical (unpaired) electrons. The molecule has 202 valence electrons. The maximum Gasteiger partial charge on any atom is 0.242 e. The number of nitrogens with one attached hydrogen (secondary N) is 1. The standard InChI is InChI=1S/C28H31Cl2N3O4S/c1-31-28(35)26(18-21-10-5-3-6-11-21)32(20-22-12-7-4-8-13-22)27(34)14-9-17-33(38(2,36)37)25-19-23(29)15-16-24(25)30/h3-8,10-13,15-16,19,26H,9,14,17-18,20H2,1-2H3,(H,31,35)/t26-/m0/s1. The zero-order chi connectivity index (χ0) is 27.7. The highest BCUT2D eigenvalue weighted by atomic mass is 35.5. The van der Waals surface area contributed by atoms with Crippen molar-refractivity contribution in [3.05, 3.63) is 100 Å². The van der Waals surface area contributed by atoms with E-state index in [1.807, 2.05) is 60.7 Å². The number of benzene rings is 3. The first-order chi connectivity index (χ1) is 18.1. The van der Waals surface area contributed by atoms with Crippen LogP contribution < -0.4 is 9.62 Å². The largest absolute Gasteiger partial charge is 0.357 e. The van der Waals surface area contributed by atoms with E-state index in [2.05, 4.69) is 5.32 Å². The van der Waals surface area contributed by atoms with Gasteiger partial charge in [-0.1, -0.05) is 83.9 Å². The molecule has 0 aliphatic carbocycles. The van der Waals surface area contributed by atoms with Crippen LogP contribution in [0.1, 0.15) is 24.0 Å². The van der Waals surface area contributed by atoms with Crippen LogP contribution in [0.3, 0.4) is 0 Å². The van der Waals surface area contributed by atoms with Crippen molar-refractivity contribution in [2.45, 2.75) is 31.8 Å². The third-order valence-electron chi connectivity index (χ3n) is 6.04. The van der Waals surface area contributed by atoms with Crippen LogP contribution in [0.4, 0.5) is 5.69 Å². The van der Waals surface area contributed by atoms with Crippen molar-refractivity contribution in [2.24, 2.45) is 0 Å². The van der Waals surface area contributed by atoms with E-state index in [-0.39, 0.29) is 48.5 Å². The molecule has 0 aliphatic heterocycles. The summed E-state index contributed by atoms with van der Waals surface area (Å²) in [4.78, 5) is 28.2. The van der Waals surface area contributed by atoms with Crippen LogP contribution in [-0.2, 0) is 32.6 Å². The van der Waals surface area contributed by atoms with E-state index < -0.39 is 16.1 Å². The summed E-state index contributed by atoms with van der Waals surface area (Å²) in [5, 5.41) is 3.27. The van der Waals surface area contributed by atoms with E-state index >= 15 is 0 Å². The molecule has 1 N–H and O–H groups in total. The predicted octanol–water partition coefficient (Wildman–Crippen LogP) is 4.93. The summed E-state index contributed by atoms with van der Waals surface area (Å²) < 4.78 is 26.3. The second-order valence-electron chi connectivity index (χ2n) is 8.86. The molecule has 1 atom stereocenters. The van der Waals surface area contributed by atoms with Gasteiger partial charge in [-0.25, -0.2) is 8.42 Å². The van der Waals surface area contributed by atoms with Gasteiger partial charge >= 0.3 is 0 Å². The number of sulfonamides is 1. The third-order valence-corrected chi connectivity index (χ3v) is 7.78. The van der Waals surface area contributed by atoms with Gasteiger partial charge in [-0.05, 0) is 35.7 Å². The van der Waals surface area contributed by atoms with Gasteiger partial charge in [0, 0.05) is 38.0 Å². The zero-order valence-electron chi connectivity index (χ0n) is 21.3. The molecular formula is C28H31Cl2N3O4S. The maximum atomic E-state index is 13.6. The van der Waals surface area contributed by atoms with Gasteiger partial charge in [-0.3, -0.25) is 13.9 Å². The molecule has 0 aliphatic rings. The van der Waals surface area contributed by atoms with Gasteiger partial charge in [0.05, 0.1) is 17.0 Å². The third kappa shape index (κ3) is 8.21. The van der Waals surface area contributed by atoms with E-state index in [4.69, 9.17) is 23.2 Å². The summed E-state index contributed by atoms with van der Waals surface area (Å²) >= 11 is 12.3. The van der Waals surface area contributed by atoms with Gasteiger partial charge < -0.3 is 10.2 Å². The van der Waals surface area contributed by atoms with Crippen LogP contribution >= 0.6 is 23.2 Å². The summed E-state index contributed by atoms with van der Waals surface area (Å²) in [6.45, 7) is 0.258. The molecule has 3 aromatic rings. The van der Waals surface area contributed by atoms with Crippen LogP contribution in [0.25, 0.3) is 0 Å². The summed E-state index contributed by atoms with van der Waals surface area (Å²) in [6, 6.07) is 22.8. The van der Waals surface area contributed by atoms with Gasteiger partial charge in [-0.2, -0.15) is 0 Å². The van der Waals surface area contributed by atoms with Crippen molar-refractivity contribution >= 4 is 50.7 Å². The van der Waals surface area contributed by atoms with E-state index in [0.29, 0.717) is 11.4 Å². The highest BCUT2D eigenvalue weighted by molar-refractivity contribution is 7.92. The summed E-state index contributed by atoms with van der Waals surface area (Å²) in [5.41, 5.74) is 2.06. The van der Waals surface area contributed by atoms with Crippen LogP contribution in [0.15, 0.2) is 78.9 Å². The van der Waals surface area contributed by atoms with Crippen molar-refractivity contribution in [3.63, 3.8) is 0 Å². The maximum absolute atomic E-state index is 13.6. The Morgan fingerprint density at radius 3 is 2.11 bits per heavy atom. The van der Waals surface area contributed by atoms with Gasteiger partial charge in [0.1, 0.15) is 6.04 Å². The number of amides is 2. The normalized spacial score (nSPS) is 12.0. The van der Waals surface area contributed by atoms with Crippen molar-refractivity contribution in [1.82, 2.24) is 10.2 Å². The Morgan fingerprint density at radius 1 is 0.921 bits per heavy atom. The minimum atomic E-state index is -3.70. The molecule has 0 aromatic heterocycles. The van der Waals surface area contributed by atoms with Gasteiger partial charge in [0.25, 0.3) is 0 Å². The molecule has 3 aromatic carbocycles. The number of likely N-dealkylation sites (N-methyl/N-ethyl adjacent to an activating group) is 1. The van der Waals surface area contributed by atoms with Crippen molar-refractivity contribution in [3.8, 4) is 0 Å². The average molecular weight is 577 g/mol. The molecule has 0 spiro atoms. The van der Waals surface area contributed by atoms with Crippen LogP contribution in [0.2, 0.25) is 10.0 Å². The first-order valence-corrected chi connectivity index (χ1v) is 14.7. The molecule has 10 heteroatoms. The summed E-state index contributed by atoms with van der Waals surface area (Å²) in [7, 11) is -2.15. The molecule has 3 rings (SSSR count). The topological polar surface area (TPSA) is 86.8 Å². The lowest BCUT2D eigenvalue weighted by atomic mass is 10.0. The summed E-state index contributed by atoms with van der Waals surface area (Å²) in [5.74, 6) is -0.536. The molecular weight excluding hydrogens is 545 g/mol. The zero-order valence-corrected chi connectivity index (χ0v) is 23.6. The van der Waals surface area contributed by atoms with Crippen LogP contribution in [0.5, 0.6) is 0 Å².